The second-order valence-electron chi connectivity index (χ2n) is 19.0. The summed E-state index contributed by atoms with van der Waals surface area (Å²) in [5.74, 6) is -0.281. The van der Waals surface area contributed by atoms with Crippen molar-refractivity contribution in [3.05, 3.63) is 60.8 Å². The van der Waals surface area contributed by atoms with Crippen molar-refractivity contribution < 1.29 is 64.6 Å². The highest BCUT2D eigenvalue weighted by Crippen LogP contribution is 2.30. The van der Waals surface area contributed by atoms with Gasteiger partial charge in [-0.05, 0) is 57.8 Å². The lowest BCUT2D eigenvalue weighted by atomic mass is 9.97. The first-order valence-corrected chi connectivity index (χ1v) is 27.0. The fraction of sp³-hybridized carbons (Fsp3) is 0.800. The predicted molar refractivity (Wildman–Crippen MR) is 272 cm³/mol. The normalized spacial score (nSPS) is 26.6. The zero-order chi connectivity index (χ0) is 50.3. The lowest BCUT2D eigenvalue weighted by molar-refractivity contribution is -0.359. The van der Waals surface area contributed by atoms with Crippen LogP contribution in [-0.2, 0) is 23.7 Å². The van der Waals surface area contributed by atoms with Crippen LogP contribution in [0.15, 0.2) is 60.8 Å². The molecule has 0 spiro atoms. The summed E-state index contributed by atoms with van der Waals surface area (Å²) in [7, 11) is 0. The molecule has 2 fully saturated rings. The monoisotopic (exact) mass is 980 g/mol. The SMILES string of the molecule is CC/C=C\C/C=C\C/C=C\C/C=C\CCCCC(=O)NC(COC1OC(CO)C(OC2OC(CO)C(O)C(O)C2O)C(O)C1O)C(O)/C=C/CCCCCCCCCCCCCCCCCCCC. The third-order valence-electron chi connectivity index (χ3n) is 13.0. The summed E-state index contributed by atoms with van der Waals surface area (Å²) in [6, 6.07) is -0.938. The van der Waals surface area contributed by atoms with Crippen LogP contribution >= 0.6 is 0 Å². The maximum absolute atomic E-state index is 13.2. The molecule has 2 aliphatic heterocycles. The molecule has 0 aromatic carbocycles. The molecule has 0 aliphatic carbocycles. The fourth-order valence-electron chi connectivity index (χ4n) is 8.58. The second kappa shape index (κ2) is 41.2. The van der Waals surface area contributed by atoms with Gasteiger partial charge in [0, 0.05) is 6.42 Å². The number of hydrogen-bond donors (Lipinski definition) is 9. The molecule has 69 heavy (non-hydrogen) atoms. The summed E-state index contributed by atoms with van der Waals surface area (Å²) in [5.41, 5.74) is 0. The number of amides is 1. The predicted octanol–water partition coefficient (Wildman–Crippen LogP) is 7.83. The summed E-state index contributed by atoms with van der Waals surface area (Å²) < 4.78 is 22.7. The van der Waals surface area contributed by atoms with Gasteiger partial charge >= 0.3 is 0 Å². The van der Waals surface area contributed by atoms with Gasteiger partial charge in [-0.2, -0.15) is 0 Å². The summed E-state index contributed by atoms with van der Waals surface area (Å²) in [6.45, 7) is 2.64. The molecular formula is C55H97NO13. The van der Waals surface area contributed by atoms with Gasteiger partial charge in [-0.1, -0.05) is 184 Å². The Morgan fingerprint density at radius 2 is 1.00 bits per heavy atom. The molecule has 2 aliphatic rings. The highest BCUT2D eigenvalue weighted by atomic mass is 16.7. The molecule has 0 bridgehead atoms. The van der Waals surface area contributed by atoms with Gasteiger partial charge < -0.3 is 65.1 Å². The summed E-state index contributed by atoms with van der Waals surface area (Å²) >= 11 is 0. The summed E-state index contributed by atoms with van der Waals surface area (Å²) in [5, 5.41) is 86.8. The number of allylic oxidation sites excluding steroid dienone is 9. The fourth-order valence-corrected chi connectivity index (χ4v) is 8.58. The Hall–Kier alpha value is -2.31. The van der Waals surface area contributed by atoms with E-state index in [1.54, 1.807) is 6.08 Å². The Balaban J connectivity index is 1.84. The molecule has 9 N–H and O–H groups in total. The first-order valence-electron chi connectivity index (χ1n) is 27.0. The molecule has 12 unspecified atom stereocenters. The van der Waals surface area contributed by atoms with Crippen molar-refractivity contribution in [3.63, 3.8) is 0 Å². The standard InChI is InChI=1S/C55H97NO13/c1-3-5-7-9-11-13-15-17-19-20-21-22-23-25-26-28-30-32-34-36-38-44(59)43(56-47(60)39-37-35-33-31-29-27-24-18-16-14-12-10-8-6-4-2)42-66-54-52(65)50(63)53(46(41-58)68-54)69-55-51(64)49(62)48(61)45(40-57)67-55/h6,8,12,14,18,24,29,31,36,38,43-46,48-55,57-59,61-65H,3-5,7,9-11,13,15-17,19-23,25-28,30,32-35,37,39-42H2,1-2H3,(H,56,60)/b8-6-,14-12-,24-18-,31-29-,38-36+. The van der Waals surface area contributed by atoms with Crippen LogP contribution in [0.3, 0.4) is 0 Å². The molecule has 14 nitrogen and oxygen atoms in total. The number of nitrogens with one attached hydrogen (secondary N) is 1. The van der Waals surface area contributed by atoms with Crippen molar-refractivity contribution in [2.45, 2.75) is 261 Å². The van der Waals surface area contributed by atoms with Crippen molar-refractivity contribution in [1.29, 1.82) is 0 Å². The number of carbonyl (C=O) groups is 1. The van der Waals surface area contributed by atoms with E-state index in [2.05, 4.69) is 67.8 Å². The van der Waals surface area contributed by atoms with E-state index in [0.717, 1.165) is 57.8 Å². The van der Waals surface area contributed by atoms with E-state index in [1.807, 2.05) is 6.08 Å². The van der Waals surface area contributed by atoms with Crippen LogP contribution in [0.1, 0.15) is 187 Å². The molecule has 1 amide bonds. The highest BCUT2D eigenvalue weighted by Gasteiger charge is 2.51. The number of aliphatic hydroxyl groups is 8. The maximum atomic E-state index is 13.2. The quantitative estimate of drug-likeness (QED) is 0.0211. The molecule has 12 atom stereocenters. The number of carbonyl (C=O) groups excluding carboxylic acids is 1. The largest absolute Gasteiger partial charge is 0.394 e. The van der Waals surface area contributed by atoms with E-state index in [9.17, 15) is 45.6 Å². The Morgan fingerprint density at radius 3 is 1.54 bits per heavy atom. The van der Waals surface area contributed by atoms with Crippen LogP contribution in [0.4, 0.5) is 0 Å². The minimum atomic E-state index is -1.79. The number of aliphatic hydroxyl groups excluding tert-OH is 8. The average Bonchev–Trinajstić information content (AvgIpc) is 3.35. The van der Waals surface area contributed by atoms with Gasteiger partial charge in [0.15, 0.2) is 12.6 Å². The van der Waals surface area contributed by atoms with E-state index in [0.29, 0.717) is 6.42 Å². The smallest absolute Gasteiger partial charge is 0.220 e. The third kappa shape index (κ3) is 27.9. The van der Waals surface area contributed by atoms with Gasteiger partial charge in [-0.15, -0.1) is 0 Å². The van der Waals surface area contributed by atoms with Crippen LogP contribution in [0.25, 0.3) is 0 Å². The number of rotatable bonds is 41. The minimum Gasteiger partial charge on any atom is -0.394 e. The Bertz CT molecular complexity index is 1390. The topological polar surface area (TPSA) is 228 Å². The molecule has 0 radical (unpaired) electrons. The lowest BCUT2D eigenvalue weighted by Crippen LogP contribution is -2.65. The van der Waals surface area contributed by atoms with Crippen LogP contribution in [-0.4, -0.2) is 140 Å². The summed E-state index contributed by atoms with van der Waals surface area (Å²) in [6.07, 6.45) is 34.0. The van der Waals surface area contributed by atoms with Gasteiger partial charge in [0.2, 0.25) is 5.91 Å². The number of hydrogen-bond acceptors (Lipinski definition) is 13. The maximum Gasteiger partial charge on any atom is 0.220 e. The first-order chi connectivity index (χ1) is 33.6. The van der Waals surface area contributed by atoms with Crippen molar-refractivity contribution >= 4 is 5.91 Å². The zero-order valence-corrected chi connectivity index (χ0v) is 42.5. The number of unbranched alkanes of at least 4 members (excludes halogenated alkanes) is 20. The van der Waals surface area contributed by atoms with Crippen LogP contribution < -0.4 is 5.32 Å². The molecule has 400 valence electrons. The molecule has 2 heterocycles. The minimum absolute atomic E-state index is 0.227. The second-order valence-corrected chi connectivity index (χ2v) is 19.0. The molecule has 0 aromatic heterocycles. The molecule has 0 saturated carbocycles. The lowest BCUT2D eigenvalue weighted by Gasteiger charge is -2.46. The van der Waals surface area contributed by atoms with Crippen molar-refractivity contribution in [2.24, 2.45) is 0 Å². The molecule has 2 saturated heterocycles. The first kappa shape index (κ1) is 62.8. The van der Waals surface area contributed by atoms with Crippen molar-refractivity contribution in [3.8, 4) is 0 Å². The summed E-state index contributed by atoms with van der Waals surface area (Å²) in [4.78, 5) is 13.2. The van der Waals surface area contributed by atoms with Crippen LogP contribution in [0, 0.1) is 0 Å². The Labute approximate surface area is 416 Å². The Morgan fingerprint density at radius 1 is 0.536 bits per heavy atom. The van der Waals surface area contributed by atoms with E-state index in [1.165, 1.54) is 103 Å². The van der Waals surface area contributed by atoms with Gasteiger partial charge in [0.05, 0.1) is 32.0 Å². The average molecular weight is 980 g/mol. The van der Waals surface area contributed by atoms with Crippen LogP contribution in [0.5, 0.6) is 0 Å². The van der Waals surface area contributed by atoms with Gasteiger partial charge in [-0.25, -0.2) is 0 Å². The number of ether oxygens (including phenoxy) is 4. The van der Waals surface area contributed by atoms with E-state index in [4.69, 9.17) is 18.9 Å². The van der Waals surface area contributed by atoms with Gasteiger partial charge in [0.25, 0.3) is 0 Å². The third-order valence-corrected chi connectivity index (χ3v) is 13.0. The van der Waals surface area contributed by atoms with Crippen LogP contribution in [0.2, 0.25) is 0 Å². The molecular weight excluding hydrogens is 883 g/mol. The van der Waals surface area contributed by atoms with Crippen molar-refractivity contribution in [1.82, 2.24) is 5.32 Å². The van der Waals surface area contributed by atoms with Gasteiger partial charge in [-0.3, -0.25) is 4.79 Å². The molecule has 2 rings (SSSR count). The van der Waals surface area contributed by atoms with E-state index >= 15 is 0 Å². The van der Waals surface area contributed by atoms with E-state index < -0.39 is 86.8 Å². The molecule has 0 aromatic rings. The Kier molecular flexibility index (Phi) is 37.5. The van der Waals surface area contributed by atoms with E-state index in [-0.39, 0.29) is 18.9 Å². The highest BCUT2D eigenvalue weighted by molar-refractivity contribution is 5.76. The van der Waals surface area contributed by atoms with Gasteiger partial charge in [0.1, 0.15) is 48.8 Å². The van der Waals surface area contributed by atoms with Crippen molar-refractivity contribution in [2.75, 3.05) is 19.8 Å². The molecule has 14 heteroatoms. The zero-order valence-electron chi connectivity index (χ0n) is 42.5.